The summed E-state index contributed by atoms with van der Waals surface area (Å²) in [5.41, 5.74) is 2.63. The lowest BCUT2D eigenvalue weighted by molar-refractivity contribution is 0.0735. The van der Waals surface area contributed by atoms with Gasteiger partial charge in [-0.2, -0.15) is 8.42 Å². The number of hydrogen-bond donors (Lipinski definition) is 1. The predicted octanol–water partition coefficient (Wildman–Crippen LogP) is 4.91. The Hall–Kier alpha value is -3.12. The number of hydrogen-bond acceptors (Lipinski definition) is 7. The second kappa shape index (κ2) is 9.63. The number of para-hydroxylation sites is 2. The van der Waals surface area contributed by atoms with Gasteiger partial charge in [-0.25, -0.2) is 18.2 Å². The van der Waals surface area contributed by atoms with E-state index in [9.17, 15) is 17.1 Å². The van der Waals surface area contributed by atoms with Crippen LogP contribution in [0.15, 0.2) is 65.6 Å². The average Bonchev–Trinajstić information content (AvgIpc) is 2.72. The molecule has 3 aromatic carbocycles. The largest absolute Gasteiger partial charge is 0.435 e. The van der Waals surface area contributed by atoms with Crippen LogP contribution in [0.5, 0.6) is 5.75 Å². The Balaban J connectivity index is 0.000000588. The Morgan fingerprint density at radius 3 is 1.85 bits per heavy atom. The van der Waals surface area contributed by atoms with Gasteiger partial charge in [-0.15, -0.1) is 0 Å². The number of ether oxygens (including phenoxy) is 1. The summed E-state index contributed by atoms with van der Waals surface area (Å²) in [6.45, 7) is 3.30. The first-order valence-electron chi connectivity index (χ1n) is 9.49. The number of esters is 1. The first-order chi connectivity index (χ1) is 15.8. The van der Waals surface area contributed by atoms with Gasteiger partial charge in [-0.3, -0.25) is 4.55 Å². The zero-order valence-corrected chi connectivity index (χ0v) is 20.1. The second-order valence-corrected chi connectivity index (χ2v) is 10.5. The number of halogens is 2. The van der Waals surface area contributed by atoms with Gasteiger partial charge in [0, 0.05) is 27.0 Å². The number of pyridine rings is 1. The molecule has 4 rings (SSSR count). The van der Waals surface area contributed by atoms with E-state index in [-0.39, 0.29) is 16.2 Å². The van der Waals surface area contributed by atoms with Crippen molar-refractivity contribution in [2.45, 2.75) is 18.7 Å². The van der Waals surface area contributed by atoms with E-state index in [0.29, 0.717) is 32.9 Å². The molecule has 1 aromatic heterocycles. The predicted molar refractivity (Wildman–Crippen MR) is 126 cm³/mol. The molecule has 0 saturated carbocycles. The van der Waals surface area contributed by atoms with Crippen molar-refractivity contribution in [1.82, 2.24) is 4.98 Å². The Labute approximate surface area is 199 Å². The van der Waals surface area contributed by atoms with E-state index in [2.05, 4.69) is 4.98 Å². The molecule has 0 saturated heterocycles. The Morgan fingerprint density at radius 1 is 0.912 bits per heavy atom. The third-order valence-corrected chi connectivity index (χ3v) is 6.27. The molecule has 0 aliphatic rings. The third kappa shape index (κ3) is 5.86. The number of nitrogens with zero attached hydrogens (tertiary/aromatic N) is 1. The van der Waals surface area contributed by atoms with Gasteiger partial charge in [-0.1, -0.05) is 46.4 Å². The van der Waals surface area contributed by atoms with Gasteiger partial charge in [0.25, 0.3) is 9.05 Å². The van der Waals surface area contributed by atoms with Gasteiger partial charge in [-0.05, 0) is 37.6 Å². The molecule has 4 aromatic rings. The summed E-state index contributed by atoms with van der Waals surface area (Å²) >= 11 is 0. The Kier molecular flexibility index (Phi) is 7.22. The van der Waals surface area contributed by atoms with Crippen LogP contribution in [0.4, 0.5) is 3.89 Å². The molecule has 34 heavy (non-hydrogen) atoms. The van der Waals surface area contributed by atoms with Crippen LogP contribution in [0.3, 0.4) is 0 Å². The van der Waals surface area contributed by atoms with Crippen LogP contribution in [0.2, 0.25) is 0 Å². The minimum Gasteiger partial charge on any atom is -0.422 e. The molecular weight excluding hydrogens is 509 g/mol. The molecule has 0 fully saturated rings. The summed E-state index contributed by atoms with van der Waals surface area (Å²) in [5, 5.41) is 1.32. The van der Waals surface area contributed by atoms with Crippen molar-refractivity contribution in [2.24, 2.45) is 0 Å². The van der Waals surface area contributed by atoms with Crippen LogP contribution in [-0.4, -0.2) is 32.3 Å². The van der Waals surface area contributed by atoms with Crippen molar-refractivity contribution in [3.05, 3.63) is 77.4 Å². The molecule has 0 radical (unpaired) electrons. The van der Waals surface area contributed by atoms with E-state index >= 15 is 0 Å². The van der Waals surface area contributed by atoms with Gasteiger partial charge < -0.3 is 4.74 Å². The lowest BCUT2D eigenvalue weighted by atomic mass is 10.0. The summed E-state index contributed by atoms with van der Waals surface area (Å²) in [6, 6.07) is 17.6. The molecule has 0 aliphatic heterocycles. The molecule has 0 atom stereocenters. The number of carbonyl (C=O) groups excluding carboxylic acids is 1. The summed E-state index contributed by atoms with van der Waals surface area (Å²) in [4.78, 5) is 17.8. The van der Waals surface area contributed by atoms with Crippen LogP contribution in [0, 0.1) is 13.8 Å². The van der Waals surface area contributed by atoms with Gasteiger partial charge >= 0.3 is 16.5 Å². The van der Waals surface area contributed by atoms with E-state index in [1.54, 1.807) is 19.9 Å². The van der Waals surface area contributed by atoms with Crippen molar-refractivity contribution in [3.63, 3.8) is 0 Å². The van der Waals surface area contributed by atoms with Gasteiger partial charge in [0.05, 0.1) is 21.5 Å². The van der Waals surface area contributed by atoms with Crippen molar-refractivity contribution < 1.29 is 34.8 Å². The van der Waals surface area contributed by atoms with Gasteiger partial charge in [0.15, 0.2) is 0 Å². The maximum absolute atomic E-state index is 13.3. The average molecular weight is 526 g/mol. The van der Waals surface area contributed by atoms with Crippen LogP contribution in [-0.2, 0) is 19.6 Å². The van der Waals surface area contributed by atoms with E-state index in [1.165, 1.54) is 6.07 Å². The molecule has 0 amide bonds. The molecule has 178 valence electrons. The smallest absolute Gasteiger partial charge is 0.422 e. The molecule has 1 N–H and O–H groups in total. The number of fused-ring (bicyclic) bond motifs is 2. The topological polar surface area (TPSA) is 128 Å². The van der Waals surface area contributed by atoms with Gasteiger partial charge in [0.1, 0.15) is 5.75 Å². The number of rotatable bonds is 3. The Morgan fingerprint density at radius 2 is 1.38 bits per heavy atom. The summed E-state index contributed by atoms with van der Waals surface area (Å²) in [6.07, 6.45) is 0. The van der Waals surface area contributed by atoms with E-state index in [1.807, 2.05) is 48.5 Å². The number of carbonyl (C=O) groups is 1. The Bertz CT molecular complexity index is 1580. The van der Waals surface area contributed by atoms with Gasteiger partial charge in [0.2, 0.25) is 0 Å². The number of aromatic nitrogens is 1. The van der Waals surface area contributed by atoms with Crippen LogP contribution >= 0.6 is 10.7 Å². The lowest BCUT2D eigenvalue weighted by Gasteiger charge is -2.15. The maximum Gasteiger partial charge on any atom is 0.435 e. The highest BCUT2D eigenvalue weighted by Gasteiger charge is 2.23. The molecule has 12 heteroatoms. The maximum atomic E-state index is 13.3. The lowest BCUT2D eigenvalue weighted by Crippen LogP contribution is -2.13. The first-order valence-corrected chi connectivity index (χ1v) is 13.1. The van der Waals surface area contributed by atoms with Crippen LogP contribution in [0.1, 0.15) is 21.5 Å². The van der Waals surface area contributed by atoms with Crippen LogP contribution < -0.4 is 4.74 Å². The zero-order chi connectivity index (χ0) is 25.3. The minimum absolute atomic E-state index is 0.0861. The minimum atomic E-state index is -5.17. The standard InChI is InChI=1S/C22H16ClNO4S.FHO3S/c1-13-11-12-19(29(23,26)27)14(2)21(13)28-22(25)20-15-7-3-5-9-17(15)24-18-10-6-4-8-16(18)20;1-5(2,3)4/h3-12H,1-2H3;(H,2,3,4). The van der Waals surface area contributed by atoms with E-state index in [4.69, 9.17) is 28.4 Å². The highest BCUT2D eigenvalue weighted by molar-refractivity contribution is 8.13. The summed E-state index contributed by atoms with van der Waals surface area (Å²) < 4.78 is 63.5. The quantitative estimate of drug-likeness (QED) is 0.131. The van der Waals surface area contributed by atoms with E-state index in [0.717, 1.165) is 0 Å². The molecule has 0 aliphatic carbocycles. The molecule has 0 unspecified atom stereocenters. The highest BCUT2D eigenvalue weighted by atomic mass is 35.7. The van der Waals surface area contributed by atoms with Crippen molar-refractivity contribution in [2.75, 3.05) is 0 Å². The summed E-state index contributed by atoms with van der Waals surface area (Å²) in [5.74, 6) is -0.406. The number of aryl methyl sites for hydroxylation is 1. The molecular formula is C22H17ClFNO7S2. The zero-order valence-electron chi connectivity index (χ0n) is 17.7. The first kappa shape index (κ1) is 25.5. The van der Waals surface area contributed by atoms with Crippen LogP contribution in [0.25, 0.3) is 21.8 Å². The fraction of sp³-hybridized carbons (Fsp3) is 0.0909. The SMILES string of the molecule is Cc1ccc(S(=O)(=O)Cl)c(C)c1OC(=O)c1c2ccccc2nc2ccccc12.O=S(=O)(O)F. The third-order valence-electron chi connectivity index (χ3n) is 4.80. The van der Waals surface area contributed by atoms with Crippen molar-refractivity contribution >= 4 is 58.0 Å². The summed E-state index contributed by atoms with van der Waals surface area (Å²) in [7, 11) is -3.62. The fourth-order valence-electron chi connectivity index (χ4n) is 3.43. The molecule has 1 heterocycles. The highest BCUT2D eigenvalue weighted by Crippen LogP contribution is 2.33. The van der Waals surface area contributed by atoms with E-state index < -0.39 is 25.5 Å². The normalized spacial score (nSPS) is 11.7. The molecule has 0 spiro atoms. The fourth-order valence-corrected chi connectivity index (χ4v) is 4.62. The van der Waals surface area contributed by atoms with Crippen molar-refractivity contribution in [3.8, 4) is 5.75 Å². The van der Waals surface area contributed by atoms with Crippen molar-refractivity contribution in [1.29, 1.82) is 0 Å². The number of benzene rings is 3. The monoisotopic (exact) mass is 525 g/mol. The molecule has 8 nitrogen and oxygen atoms in total. The second-order valence-electron chi connectivity index (χ2n) is 7.10. The molecule has 0 bridgehead atoms.